The Bertz CT molecular complexity index is 621. The van der Waals surface area contributed by atoms with Crippen LogP contribution in [-0.2, 0) is 10.8 Å². The van der Waals surface area contributed by atoms with Crippen molar-refractivity contribution in [3.05, 3.63) is 16.8 Å². The molecule has 0 fully saturated rings. The summed E-state index contributed by atoms with van der Waals surface area (Å²) in [6.45, 7) is 3.33. The van der Waals surface area contributed by atoms with Crippen LogP contribution in [0.1, 0.15) is 33.1 Å². The van der Waals surface area contributed by atoms with Crippen molar-refractivity contribution in [3.8, 4) is 0 Å². The molecule has 0 saturated heterocycles. The molecule has 1 aromatic heterocycles. The molecule has 0 amide bonds. The van der Waals surface area contributed by atoms with Crippen LogP contribution in [0.2, 0.25) is 0 Å². The predicted octanol–water partition coefficient (Wildman–Crippen LogP) is 1.04. The monoisotopic (exact) mass is 283 g/mol. The first-order valence-corrected chi connectivity index (χ1v) is 6.81. The Kier molecular flexibility index (Phi) is 3.92. The third-order valence-electron chi connectivity index (χ3n) is 3.50. The van der Waals surface area contributed by atoms with Gasteiger partial charge in [0.1, 0.15) is 6.04 Å². The molecule has 1 aliphatic rings. The Morgan fingerprint density at radius 2 is 2.15 bits per heavy atom. The lowest BCUT2D eigenvalue weighted by Gasteiger charge is -2.25. The van der Waals surface area contributed by atoms with Crippen LogP contribution in [0.4, 0.5) is 8.78 Å². The zero-order chi connectivity index (χ0) is 14.9. The maximum Gasteiger partial charge on any atom is 0.343 e. The molecule has 4 nitrogen and oxygen atoms in total. The highest BCUT2D eigenvalue weighted by molar-refractivity contribution is 5.90. The molecule has 0 aromatic carbocycles. The number of Topliss-reactive ketones (excluding diaryl/α,β-unsaturated/α-hetero) is 1. The molecule has 1 aromatic rings. The molecule has 0 saturated carbocycles. The van der Waals surface area contributed by atoms with E-state index in [2.05, 4.69) is 5.10 Å². The lowest BCUT2D eigenvalue weighted by atomic mass is 10.0. The molecule has 2 heterocycles. The molecular weight excluding hydrogens is 264 g/mol. The quantitative estimate of drug-likeness (QED) is 0.810. The van der Waals surface area contributed by atoms with Gasteiger partial charge in [-0.05, 0) is 12.5 Å². The average Bonchev–Trinajstić information content (AvgIpc) is 2.81. The lowest BCUT2D eigenvalue weighted by molar-refractivity contribution is -0.121. The molecule has 0 aliphatic carbocycles. The van der Waals surface area contributed by atoms with Gasteiger partial charge < -0.3 is 4.90 Å². The zero-order valence-corrected chi connectivity index (χ0v) is 11.9. The van der Waals surface area contributed by atoms with E-state index in [1.54, 1.807) is 24.2 Å². The first-order valence-electron chi connectivity index (χ1n) is 6.81. The number of ketones is 1. The molecule has 2 rings (SSSR count). The second-order valence-corrected chi connectivity index (χ2v) is 5.04. The number of hydrogen-bond acceptors (Lipinski definition) is 3. The number of alkyl halides is 2. The van der Waals surface area contributed by atoms with E-state index in [1.165, 1.54) is 13.1 Å². The number of rotatable bonds is 5. The van der Waals surface area contributed by atoms with Crippen LogP contribution < -0.4 is 10.6 Å². The number of fused-ring (bicyclic) bond motifs is 1. The van der Waals surface area contributed by atoms with Crippen molar-refractivity contribution < 1.29 is 13.6 Å². The van der Waals surface area contributed by atoms with E-state index in [-0.39, 0.29) is 12.2 Å². The summed E-state index contributed by atoms with van der Waals surface area (Å²) < 4.78 is 28.4. The molecular formula is C14H19F2N3O. The standard InChI is InChI=1S/C14H19F2N3O/c1-4-6-13(20)12-7-11-10(9-18(12)3)8-17-19(11)14(15,16)5-2/h7-9,12H,4-6H2,1-3H3. The van der Waals surface area contributed by atoms with Gasteiger partial charge in [0.25, 0.3) is 0 Å². The first kappa shape index (κ1) is 14.7. The molecule has 1 unspecified atom stereocenters. The van der Waals surface area contributed by atoms with Crippen LogP contribution in [-0.4, -0.2) is 33.6 Å². The van der Waals surface area contributed by atoms with Gasteiger partial charge >= 0.3 is 6.05 Å². The summed E-state index contributed by atoms with van der Waals surface area (Å²) in [5.74, 6) is 0.0319. The second kappa shape index (κ2) is 5.34. The number of likely N-dealkylation sites (N-methyl/N-ethyl adjacent to an activating group) is 1. The number of aromatic nitrogens is 2. The molecule has 0 bridgehead atoms. The highest BCUT2D eigenvalue weighted by Crippen LogP contribution is 2.21. The normalized spacial score (nSPS) is 18.2. The van der Waals surface area contributed by atoms with Crippen molar-refractivity contribution in [1.82, 2.24) is 14.7 Å². The van der Waals surface area contributed by atoms with E-state index >= 15 is 0 Å². The van der Waals surface area contributed by atoms with Crippen molar-refractivity contribution >= 4 is 18.1 Å². The van der Waals surface area contributed by atoms with Crippen LogP contribution in [0.3, 0.4) is 0 Å². The maximum atomic E-state index is 13.8. The van der Waals surface area contributed by atoms with Gasteiger partial charge in [-0.3, -0.25) is 4.79 Å². The van der Waals surface area contributed by atoms with Crippen LogP contribution >= 0.6 is 0 Å². The fraction of sp³-hybridized carbons (Fsp3) is 0.571. The summed E-state index contributed by atoms with van der Waals surface area (Å²) in [4.78, 5) is 13.8. The van der Waals surface area contributed by atoms with Crippen LogP contribution in [0.5, 0.6) is 0 Å². The molecule has 0 radical (unpaired) electrons. The summed E-state index contributed by atoms with van der Waals surface area (Å²) in [6, 6.07) is -3.53. The predicted molar refractivity (Wildman–Crippen MR) is 72.4 cm³/mol. The van der Waals surface area contributed by atoms with Crippen molar-refractivity contribution in [2.75, 3.05) is 7.05 Å². The Labute approximate surface area is 116 Å². The van der Waals surface area contributed by atoms with E-state index in [9.17, 15) is 13.6 Å². The smallest absolute Gasteiger partial charge is 0.343 e. The summed E-state index contributed by atoms with van der Waals surface area (Å²) in [6.07, 6.45) is 5.54. The Hall–Kier alpha value is -1.72. The summed E-state index contributed by atoms with van der Waals surface area (Å²) in [5.41, 5.74) is 0. The molecule has 110 valence electrons. The van der Waals surface area contributed by atoms with E-state index in [1.807, 2.05) is 6.92 Å². The molecule has 1 aliphatic heterocycles. The molecule has 0 spiro atoms. The minimum Gasteiger partial charge on any atom is -0.366 e. The fourth-order valence-electron chi connectivity index (χ4n) is 2.33. The average molecular weight is 283 g/mol. The zero-order valence-electron chi connectivity index (χ0n) is 11.9. The topological polar surface area (TPSA) is 38.1 Å². The summed E-state index contributed by atoms with van der Waals surface area (Å²) >= 11 is 0. The van der Waals surface area contributed by atoms with E-state index in [4.69, 9.17) is 0 Å². The van der Waals surface area contributed by atoms with Crippen molar-refractivity contribution in [3.63, 3.8) is 0 Å². The third kappa shape index (κ3) is 2.46. The second-order valence-electron chi connectivity index (χ2n) is 5.04. The van der Waals surface area contributed by atoms with Crippen molar-refractivity contribution in [1.29, 1.82) is 0 Å². The van der Waals surface area contributed by atoms with E-state index in [0.29, 0.717) is 17.0 Å². The summed E-state index contributed by atoms with van der Waals surface area (Å²) in [5, 5.41) is 4.72. The largest absolute Gasteiger partial charge is 0.366 e. The number of nitrogens with zero attached hydrogens (tertiary/aromatic N) is 3. The van der Waals surface area contributed by atoms with Crippen molar-refractivity contribution in [2.45, 2.75) is 45.2 Å². The van der Waals surface area contributed by atoms with Gasteiger partial charge in [-0.1, -0.05) is 13.8 Å². The Balaban J connectivity index is 2.51. The number of halogens is 2. The number of hydrogen-bond donors (Lipinski definition) is 0. The Morgan fingerprint density at radius 3 is 2.75 bits per heavy atom. The molecule has 1 atom stereocenters. The van der Waals surface area contributed by atoms with E-state index < -0.39 is 12.1 Å². The van der Waals surface area contributed by atoms with Crippen molar-refractivity contribution in [2.24, 2.45) is 0 Å². The first-order chi connectivity index (χ1) is 9.40. The number of carbonyl (C=O) groups excluding carboxylic acids is 1. The van der Waals surface area contributed by atoms with Gasteiger partial charge in [0, 0.05) is 31.3 Å². The highest BCUT2D eigenvalue weighted by Gasteiger charge is 2.32. The number of carbonyl (C=O) groups is 1. The van der Waals surface area contributed by atoms with Gasteiger partial charge in [0.15, 0.2) is 5.78 Å². The third-order valence-corrected chi connectivity index (χ3v) is 3.50. The summed E-state index contributed by atoms with van der Waals surface area (Å²) in [7, 11) is 1.77. The van der Waals surface area contributed by atoms with E-state index in [0.717, 1.165) is 11.1 Å². The molecule has 6 heteroatoms. The fourth-order valence-corrected chi connectivity index (χ4v) is 2.33. The van der Waals surface area contributed by atoms with Gasteiger partial charge in [0.05, 0.1) is 11.5 Å². The van der Waals surface area contributed by atoms with Gasteiger partial charge in [0.2, 0.25) is 0 Å². The molecule has 0 N–H and O–H groups in total. The highest BCUT2D eigenvalue weighted by atomic mass is 19.3. The van der Waals surface area contributed by atoms with Crippen LogP contribution in [0.25, 0.3) is 12.3 Å². The van der Waals surface area contributed by atoms with Gasteiger partial charge in [-0.15, -0.1) is 0 Å². The SMILES string of the molecule is CCCC(=O)C1C=c2c(cnn2C(F)(F)CC)=CN1C. The van der Waals surface area contributed by atoms with Gasteiger partial charge in [-0.25, -0.2) is 4.68 Å². The van der Waals surface area contributed by atoms with Crippen LogP contribution in [0.15, 0.2) is 6.20 Å². The molecule has 20 heavy (non-hydrogen) atoms. The lowest BCUT2D eigenvalue weighted by Crippen LogP contribution is -2.47. The Morgan fingerprint density at radius 1 is 1.45 bits per heavy atom. The minimum absolute atomic E-state index is 0.0319. The van der Waals surface area contributed by atoms with Gasteiger partial charge in [-0.2, -0.15) is 13.9 Å². The minimum atomic E-state index is -3.04. The maximum absolute atomic E-state index is 13.8. The van der Waals surface area contributed by atoms with Crippen LogP contribution in [0, 0.1) is 0 Å².